The maximum absolute atomic E-state index is 11.6. The van der Waals surface area contributed by atoms with Crippen LogP contribution in [0.2, 0.25) is 0 Å². The first-order valence-corrected chi connectivity index (χ1v) is 6.10. The van der Waals surface area contributed by atoms with E-state index in [2.05, 4.69) is 10.6 Å². The zero-order valence-corrected chi connectivity index (χ0v) is 10.7. The highest BCUT2D eigenvalue weighted by Crippen LogP contribution is 1.96. The van der Waals surface area contributed by atoms with Crippen LogP contribution in [0, 0.1) is 0 Å². The van der Waals surface area contributed by atoms with Gasteiger partial charge in [0, 0.05) is 39.7 Å². The molecule has 0 aromatic carbocycles. The molecule has 1 heterocycles. The van der Waals surface area contributed by atoms with Crippen LogP contribution < -0.4 is 10.6 Å². The lowest BCUT2D eigenvalue weighted by Crippen LogP contribution is -2.46. The third kappa shape index (κ3) is 5.83. The minimum Gasteiger partial charge on any atom is -0.383 e. The van der Waals surface area contributed by atoms with Crippen molar-refractivity contribution < 1.29 is 19.1 Å². The molecular formula is C11H21N3O4. The fourth-order valence-electron chi connectivity index (χ4n) is 1.54. The molecule has 0 aliphatic carbocycles. The number of carbonyl (C=O) groups excluding carboxylic acids is 2. The smallest absolute Gasteiger partial charge is 0.317 e. The topological polar surface area (TPSA) is 79.9 Å². The maximum Gasteiger partial charge on any atom is 0.317 e. The van der Waals surface area contributed by atoms with Gasteiger partial charge < -0.3 is 25.0 Å². The summed E-state index contributed by atoms with van der Waals surface area (Å²) in [5, 5.41) is 5.40. The van der Waals surface area contributed by atoms with E-state index in [0.29, 0.717) is 46.0 Å². The lowest BCUT2D eigenvalue weighted by molar-refractivity contribution is -0.121. The molecule has 18 heavy (non-hydrogen) atoms. The fourth-order valence-corrected chi connectivity index (χ4v) is 1.54. The summed E-state index contributed by atoms with van der Waals surface area (Å²) in [6.07, 6.45) is 0.278. The van der Waals surface area contributed by atoms with Gasteiger partial charge in [-0.3, -0.25) is 4.79 Å². The van der Waals surface area contributed by atoms with Gasteiger partial charge in [0.2, 0.25) is 5.91 Å². The first kappa shape index (κ1) is 14.7. The number of nitrogens with one attached hydrogen (secondary N) is 2. The van der Waals surface area contributed by atoms with E-state index in [0.717, 1.165) is 0 Å². The molecule has 1 saturated heterocycles. The molecule has 1 aliphatic heterocycles. The molecule has 7 nitrogen and oxygen atoms in total. The molecular weight excluding hydrogens is 238 g/mol. The molecule has 1 rings (SSSR count). The Kier molecular flexibility index (Phi) is 7.12. The quantitative estimate of drug-likeness (QED) is 0.611. The minimum atomic E-state index is -0.136. The molecule has 104 valence electrons. The van der Waals surface area contributed by atoms with Crippen LogP contribution in [0.5, 0.6) is 0 Å². The van der Waals surface area contributed by atoms with E-state index in [1.807, 2.05) is 0 Å². The zero-order valence-electron chi connectivity index (χ0n) is 10.7. The molecule has 2 N–H and O–H groups in total. The van der Waals surface area contributed by atoms with Crippen LogP contribution in [0.4, 0.5) is 4.79 Å². The molecule has 0 atom stereocenters. The van der Waals surface area contributed by atoms with E-state index in [-0.39, 0.29) is 18.4 Å². The van der Waals surface area contributed by atoms with Crippen LogP contribution in [0.25, 0.3) is 0 Å². The van der Waals surface area contributed by atoms with E-state index in [4.69, 9.17) is 9.47 Å². The van der Waals surface area contributed by atoms with Crippen LogP contribution in [-0.2, 0) is 14.3 Å². The SMILES string of the molecule is COCCNC(=O)CCNC(=O)N1CCOCC1. The van der Waals surface area contributed by atoms with Gasteiger partial charge in [-0.05, 0) is 0 Å². The summed E-state index contributed by atoms with van der Waals surface area (Å²) in [5.74, 6) is -0.0886. The average molecular weight is 259 g/mol. The summed E-state index contributed by atoms with van der Waals surface area (Å²) in [7, 11) is 1.58. The highest BCUT2D eigenvalue weighted by atomic mass is 16.5. The van der Waals surface area contributed by atoms with Gasteiger partial charge >= 0.3 is 6.03 Å². The Hall–Kier alpha value is -1.34. The van der Waals surface area contributed by atoms with Gasteiger partial charge in [0.25, 0.3) is 0 Å². The van der Waals surface area contributed by atoms with Gasteiger partial charge in [-0.25, -0.2) is 4.79 Å². The van der Waals surface area contributed by atoms with Crippen molar-refractivity contribution in [1.29, 1.82) is 0 Å². The normalized spacial score (nSPS) is 15.3. The van der Waals surface area contributed by atoms with Crippen LogP contribution in [-0.4, -0.2) is 69.9 Å². The molecule has 0 aromatic rings. The number of methoxy groups -OCH3 is 1. The number of rotatable bonds is 6. The molecule has 0 radical (unpaired) electrons. The lowest BCUT2D eigenvalue weighted by atomic mass is 10.4. The Morgan fingerprint density at radius 2 is 1.94 bits per heavy atom. The number of hydrogen-bond acceptors (Lipinski definition) is 4. The van der Waals surface area contributed by atoms with Gasteiger partial charge in [-0.2, -0.15) is 0 Å². The summed E-state index contributed by atoms with van der Waals surface area (Å²) in [4.78, 5) is 24.7. The van der Waals surface area contributed by atoms with E-state index in [1.54, 1.807) is 12.0 Å². The van der Waals surface area contributed by atoms with Crippen LogP contribution >= 0.6 is 0 Å². The van der Waals surface area contributed by atoms with Crippen molar-refractivity contribution in [3.8, 4) is 0 Å². The number of carbonyl (C=O) groups is 2. The third-order valence-corrected chi connectivity index (χ3v) is 2.55. The second-order valence-electron chi connectivity index (χ2n) is 3.92. The number of urea groups is 1. The Morgan fingerprint density at radius 1 is 1.22 bits per heavy atom. The predicted octanol–water partition coefficient (Wildman–Crippen LogP) is -0.819. The summed E-state index contributed by atoms with van der Waals surface area (Å²) >= 11 is 0. The lowest BCUT2D eigenvalue weighted by Gasteiger charge is -2.26. The number of hydrogen-bond donors (Lipinski definition) is 2. The molecule has 0 aromatic heterocycles. The highest BCUT2D eigenvalue weighted by molar-refractivity contribution is 5.78. The second kappa shape index (κ2) is 8.71. The van der Waals surface area contributed by atoms with Crippen molar-refractivity contribution in [3.63, 3.8) is 0 Å². The molecule has 0 bridgehead atoms. The molecule has 1 aliphatic rings. The van der Waals surface area contributed by atoms with Crippen molar-refractivity contribution in [2.45, 2.75) is 6.42 Å². The van der Waals surface area contributed by atoms with E-state index >= 15 is 0 Å². The van der Waals surface area contributed by atoms with Crippen LogP contribution in [0.1, 0.15) is 6.42 Å². The van der Waals surface area contributed by atoms with Gasteiger partial charge in [-0.1, -0.05) is 0 Å². The molecule has 3 amide bonds. The van der Waals surface area contributed by atoms with Crippen molar-refractivity contribution in [3.05, 3.63) is 0 Å². The summed E-state index contributed by atoms with van der Waals surface area (Å²) < 4.78 is 9.96. The van der Waals surface area contributed by atoms with E-state index in [9.17, 15) is 9.59 Å². The Balaban J connectivity index is 2.05. The first-order valence-electron chi connectivity index (χ1n) is 6.10. The molecule has 1 fully saturated rings. The Bertz CT molecular complexity index is 267. The van der Waals surface area contributed by atoms with Crippen molar-refractivity contribution in [2.75, 3.05) is 53.1 Å². The molecule has 0 saturated carbocycles. The van der Waals surface area contributed by atoms with Gasteiger partial charge in [-0.15, -0.1) is 0 Å². The standard InChI is InChI=1S/C11H21N3O4/c1-17-7-4-12-10(15)2-3-13-11(16)14-5-8-18-9-6-14/h2-9H2,1H3,(H,12,15)(H,13,16). The monoisotopic (exact) mass is 259 g/mol. The largest absolute Gasteiger partial charge is 0.383 e. The second-order valence-corrected chi connectivity index (χ2v) is 3.92. The minimum absolute atomic E-state index is 0.0886. The summed E-state index contributed by atoms with van der Waals surface area (Å²) in [6.45, 7) is 3.68. The van der Waals surface area contributed by atoms with E-state index < -0.39 is 0 Å². The molecule has 0 unspecified atom stereocenters. The maximum atomic E-state index is 11.6. The molecule has 7 heteroatoms. The first-order chi connectivity index (χ1) is 8.74. The van der Waals surface area contributed by atoms with Crippen molar-refractivity contribution in [2.24, 2.45) is 0 Å². The van der Waals surface area contributed by atoms with Gasteiger partial charge in [0.05, 0.1) is 19.8 Å². The van der Waals surface area contributed by atoms with Gasteiger partial charge in [0.1, 0.15) is 0 Å². The number of ether oxygens (including phenoxy) is 2. The van der Waals surface area contributed by atoms with E-state index in [1.165, 1.54) is 0 Å². The predicted molar refractivity (Wildman–Crippen MR) is 65.3 cm³/mol. The summed E-state index contributed by atoms with van der Waals surface area (Å²) in [5.41, 5.74) is 0. The van der Waals surface area contributed by atoms with Gasteiger partial charge in [0.15, 0.2) is 0 Å². The highest BCUT2D eigenvalue weighted by Gasteiger charge is 2.16. The average Bonchev–Trinajstić information content (AvgIpc) is 2.40. The number of morpholine rings is 1. The zero-order chi connectivity index (χ0) is 13.2. The Morgan fingerprint density at radius 3 is 2.61 bits per heavy atom. The van der Waals surface area contributed by atoms with Crippen molar-refractivity contribution in [1.82, 2.24) is 15.5 Å². The van der Waals surface area contributed by atoms with Crippen LogP contribution in [0.15, 0.2) is 0 Å². The third-order valence-electron chi connectivity index (χ3n) is 2.55. The van der Waals surface area contributed by atoms with Crippen LogP contribution in [0.3, 0.4) is 0 Å². The summed E-state index contributed by atoms with van der Waals surface area (Å²) in [6, 6.07) is -0.136. The fraction of sp³-hybridized carbons (Fsp3) is 0.818. The number of nitrogens with zero attached hydrogens (tertiary/aromatic N) is 1. The number of amides is 3. The van der Waals surface area contributed by atoms with Crippen molar-refractivity contribution >= 4 is 11.9 Å². The molecule has 0 spiro atoms. The Labute approximate surface area is 107 Å².